The number of hydrogen-bond acceptors (Lipinski definition) is 11. The molecule has 3 amide bonds. The zero-order valence-corrected chi connectivity index (χ0v) is 32.1. The fraction of sp³-hybridized carbons (Fsp3) is 0.561. The summed E-state index contributed by atoms with van der Waals surface area (Å²) in [5, 5.41) is 16.0. The minimum absolute atomic E-state index is 0.0166. The van der Waals surface area contributed by atoms with Crippen LogP contribution in [0.4, 0.5) is 5.69 Å². The Bertz CT molecular complexity index is 1700. The number of fused-ring (bicyclic) bond motifs is 1. The number of rotatable bonds is 18. The fourth-order valence-electron chi connectivity index (χ4n) is 7.25. The van der Waals surface area contributed by atoms with Crippen molar-refractivity contribution in [3.63, 3.8) is 0 Å². The number of piperidine rings is 1. The highest BCUT2D eigenvalue weighted by Crippen LogP contribution is 2.39. The topological polar surface area (TPSA) is 171 Å². The Morgan fingerprint density at radius 3 is 2.76 bits per heavy atom. The number of phenolic OH excluding ortho intramolecular Hbond substituents is 1. The number of carbonyl (C=O) groups excluding carboxylic acids is 3. The number of benzene rings is 2. The second-order valence-electron chi connectivity index (χ2n) is 15.1. The van der Waals surface area contributed by atoms with Gasteiger partial charge in [0.2, 0.25) is 5.91 Å². The molecule has 3 heterocycles. The van der Waals surface area contributed by atoms with Crippen LogP contribution >= 0.6 is 0 Å². The van der Waals surface area contributed by atoms with Crippen molar-refractivity contribution in [2.24, 2.45) is 16.6 Å². The molecule has 5 N–H and O–H groups in total. The van der Waals surface area contributed by atoms with E-state index in [1.807, 2.05) is 4.90 Å². The molecule has 4 aliphatic rings. The quantitative estimate of drug-likeness (QED) is 0.0767. The number of allylic oxidation sites excluding steroid dienone is 1. The third-order valence-corrected chi connectivity index (χ3v) is 10.8. The van der Waals surface area contributed by atoms with Crippen molar-refractivity contribution in [2.75, 3.05) is 91.2 Å². The summed E-state index contributed by atoms with van der Waals surface area (Å²) in [5.41, 5.74) is 9.70. The van der Waals surface area contributed by atoms with Crippen molar-refractivity contribution in [1.82, 2.24) is 20.0 Å². The van der Waals surface area contributed by atoms with Crippen molar-refractivity contribution < 1.29 is 33.7 Å². The van der Waals surface area contributed by atoms with Gasteiger partial charge in [-0.3, -0.25) is 24.3 Å². The highest BCUT2D eigenvalue weighted by Gasteiger charge is 2.41. The Morgan fingerprint density at radius 2 is 1.95 bits per heavy atom. The van der Waals surface area contributed by atoms with E-state index >= 15 is 0 Å². The lowest BCUT2D eigenvalue weighted by Crippen LogP contribution is -2.58. The maximum absolute atomic E-state index is 13.1. The van der Waals surface area contributed by atoms with Gasteiger partial charge in [-0.2, -0.15) is 0 Å². The van der Waals surface area contributed by atoms with E-state index in [4.69, 9.17) is 19.9 Å². The molecule has 55 heavy (non-hydrogen) atoms. The molecule has 14 nitrogen and oxygen atoms in total. The first-order valence-electron chi connectivity index (χ1n) is 19.7. The average Bonchev–Trinajstić information content (AvgIpc) is 4.02. The third-order valence-electron chi connectivity index (χ3n) is 10.8. The number of carbonyl (C=O) groups is 3. The van der Waals surface area contributed by atoms with Gasteiger partial charge < -0.3 is 45.5 Å². The number of nitrogens with two attached hydrogens (primary N) is 1. The fourth-order valence-corrected chi connectivity index (χ4v) is 7.25. The summed E-state index contributed by atoms with van der Waals surface area (Å²) in [5.74, 6) is 0.799. The van der Waals surface area contributed by atoms with E-state index < -0.39 is 0 Å². The van der Waals surface area contributed by atoms with Gasteiger partial charge in [0.1, 0.15) is 11.4 Å². The van der Waals surface area contributed by atoms with Crippen LogP contribution in [-0.4, -0.2) is 135 Å². The molecule has 1 saturated carbocycles. The van der Waals surface area contributed by atoms with Gasteiger partial charge in [0.25, 0.3) is 11.8 Å². The number of likely N-dealkylation sites (N-methyl/N-ethyl adjacent to an activating group) is 1. The van der Waals surface area contributed by atoms with E-state index in [1.54, 1.807) is 36.4 Å². The van der Waals surface area contributed by atoms with E-state index in [0.29, 0.717) is 82.7 Å². The van der Waals surface area contributed by atoms with Crippen molar-refractivity contribution in [3.8, 4) is 11.5 Å². The first-order valence-corrected chi connectivity index (χ1v) is 19.7. The molecule has 2 aromatic carbocycles. The lowest BCUT2D eigenvalue weighted by molar-refractivity contribution is -0.156. The van der Waals surface area contributed by atoms with Gasteiger partial charge >= 0.3 is 0 Å². The number of ether oxygens (including phenoxy) is 3. The number of hydrogen-bond donors (Lipinski definition) is 4. The van der Waals surface area contributed by atoms with E-state index in [1.165, 1.54) is 24.0 Å². The molecule has 3 fully saturated rings. The molecule has 14 heteroatoms. The molecule has 3 aliphatic heterocycles. The Balaban J connectivity index is 0.831. The summed E-state index contributed by atoms with van der Waals surface area (Å²) in [6, 6.07) is 12.0. The molecule has 2 saturated heterocycles. The van der Waals surface area contributed by atoms with Crippen LogP contribution in [0.3, 0.4) is 0 Å². The van der Waals surface area contributed by atoms with Crippen LogP contribution in [0.1, 0.15) is 48.8 Å². The summed E-state index contributed by atoms with van der Waals surface area (Å²) < 4.78 is 17.7. The van der Waals surface area contributed by atoms with Gasteiger partial charge in [-0.05, 0) is 79.8 Å². The van der Waals surface area contributed by atoms with Gasteiger partial charge in [-0.25, -0.2) is 0 Å². The van der Waals surface area contributed by atoms with Crippen LogP contribution in [0.25, 0.3) is 0 Å². The van der Waals surface area contributed by atoms with Crippen molar-refractivity contribution in [1.29, 1.82) is 0 Å². The molecule has 1 spiro atoms. The van der Waals surface area contributed by atoms with Gasteiger partial charge in [0, 0.05) is 59.1 Å². The van der Waals surface area contributed by atoms with E-state index in [-0.39, 0.29) is 41.4 Å². The number of anilines is 1. The molecule has 1 aliphatic carbocycles. The van der Waals surface area contributed by atoms with Crippen LogP contribution < -0.4 is 21.1 Å². The SMILES string of the molecule is CN(CCNCCc1ccc(O)c2c1OCC(=O)N2)C(=O)CCOCCc1cccc(CN2CCC3(CC2)CN(C(=O)C(N)=CC=NCC2CC2)CCO3)c1. The van der Waals surface area contributed by atoms with Gasteiger partial charge in [0.15, 0.2) is 12.4 Å². The monoisotopic (exact) mass is 759 g/mol. The number of nitrogens with one attached hydrogen (secondary N) is 2. The molecule has 0 radical (unpaired) electrons. The molecule has 0 bridgehead atoms. The molecule has 0 unspecified atom stereocenters. The molecule has 298 valence electrons. The number of aromatic hydroxyl groups is 1. The average molecular weight is 760 g/mol. The van der Waals surface area contributed by atoms with Crippen molar-refractivity contribution >= 4 is 29.6 Å². The summed E-state index contributed by atoms with van der Waals surface area (Å²) >= 11 is 0. The van der Waals surface area contributed by atoms with Gasteiger partial charge in [-0.15, -0.1) is 0 Å². The van der Waals surface area contributed by atoms with Crippen molar-refractivity contribution in [3.05, 3.63) is 64.9 Å². The number of phenols is 1. The Morgan fingerprint density at radius 1 is 1.13 bits per heavy atom. The predicted octanol–water partition coefficient (Wildman–Crippen LogP) is 2.48. The van der Waals surface area contributed by atoms with Crippen LogP contribution in [-0.2, 0) is 43.2 Å². The molecule has 2 aromatic rings. The van der Waals surface area contributed by atoms with E-state index in [9.17, 15) is 19.5 Å². The Labute approximate surface area is 324 Å². The zero-order valence-electron chi connectivity index (χ0n) is 32.1. The molecule has 0 atom stereocenters. The summed E-state index contributed by atoms with van der Waals surface area (Å²) in [6.45, 7) is 7.79. The normalized spacial score (nSPS) is 18.6. The Hall–Kier alpha value is -4.50. The summed E-state index contributed by atoms with van der Waals surface area (Å²) in [7, 11) is 1.80. The largest absolute Gasteiger partial charge is 0.506 e. The van der Waals surface area contributed by atoms with Crippen LogP contribution in [0.2, 0.25) is 0 Å². The molecular formula is C41H57N7O7. The first-order chi connectivity index (χ1) is 26.7. The van der Waals surface area contributed by atoms with Crippen LogP contribution in [0, 0.1) is 5.92 Å². The maximum atomic E-state index is 13.1. The lowest BCUT2D eigenvalue weighted by Gasteiger charge is -2.47. The number of amides is 3. The molecule has 0 aromatic heterocycles. The smallest absolute Gasteiger partial charge is 0.269 e. The van der Waals surface area contributed by atoms with Gasteiger partial charge in [0.05, 0.1) is 44.1 Å². The third kappa shape index (κ3) is 11.7. The van der Waals surface area contributed by atoms with Crippen LogP contribution in [0.5, 0.6) is 11.5 Å². The Kier molecular flexibility index (Phi) is 14.2. The molecule has 6 rings (SSSR count). The molecular weight excluding hydrogens is 702 g/mol. The second-order valence-corrected chi connectivity index (χ2v) is 15.1. The second kappa shape index (κ2) is 19.4. The summed E-state index contributed by atoms with van der Waals surface area (Å²) in [4.78, 5) is 47.7. The standard InChI is InChI=1S/C41H57N7O7/c1-46(20-17-43-15-9-33-7-8-35(49)38-39(33)54-28-36(50)45-38)37(51)12-23-53-22-11-30-3-2-4-32(25-30)27-47-18-13-41(14-19-47)29-48(21-24-55-41)40(52)34(42)10-16-44-26-31-5-6-31/h2-4,7-8,10,16,25,31,43,49H,5-6,9,11-15,17-24,26-29,42H2,1H3,(H,45,50). The lowest BCUT2D eigenvalue weighted by atomic mass is 9.89. The minimum atomic E-state index is -0.328. The number of likely N-dealkylation sites (tertiary alicyclic amines) is 1. The highest BCUT2D eigenvalue weighted by atomic mass is 16.5. The minimum Gasteiger partial charge on any atom is -0.506 e. The van der Waals surface area contributed by atoms with Crippen molar-refractivity contribution in [2.45, 2.75) is 57.1 Å². The summed E-state index contributed by atoms with van der Waals surface area (Å²) in [6.07, 6.45) is 9.27. The maximum Gasteiger partial charge on any atom is 0.269 e. The number of morpholine rings is 1. The zero-order chi connectivity index (χ0) is 38.6. The van der Waals surface area contributed by atoms with Crippen LogP contribution in [0.15, 0.2) is 53.2 Å². The predicted molar refractivity (Wildman–Crippen MR) is 210 cm³/mol. The van der Waals surface area contributed by atoms with Gasteiger partial charge in [-0.1, -0.05) is 30.3 Å². The number of aliphatic imine (C=N–C) groups is 1. The first kappa shape index (κ1) is 40.2. The number of nitrogens with zero attached hydrogens (tertiary/aromatic N) is 4. The van der Waals surface area contributed by atoms with E-state index in [0.717, 1.165) is 51.0 Å². The highest BCUT2D eigenvalue weighted by molar-refractivity contribution is 5.97. The van der Waals surface area contributed by atoms with E-state index in [2.05, 4.69) is 44.8 Å².